The molecule has 0 amide bonds. The number of aryl methyl sites for hydroxylation is 3. The summed E-state index contributed by atoms with van der Waals surface area (Å²) in [7, 11) is 0. The van der Waals surface area contributed by atoms with Crippen molar-refractivity contribution in [2.75, 3.05) is 0 Å². The predicted molar refractivity (Wildman–Crippen MR) is 73.2 cm³/mol. The standard InChI is InChI=1S/C7H9NO.C5H7NS.CH4/c1-6-2-3-7(5-9)4-8-6;1-4-3-7-5(2)6-4;/h2-4,9H,5H2,1H3;3H,1-2H3;1H4. The lowest BCUT2D eigenvalue weighted by atomic mass is 10.3. The van der Waals surface area contributed by atoms with Gasteiger partial charge in [-0.3, -0.25) is 4.98 Å². The van der Waals surface area contributed by atoms with Crippen molar-refractivity contribution in [3.05, 3.63) is 45.7 Å². The van der Waals surface area contributed by atoms with Gasteiger partial charge in [0.1, 0.15) is 0 Å². The number of aliphatic hydroxyl groups excluding tert-OH is 1. The van der Waals surface area contributed by atoms with Gasteiger partial charge in [-0.25, -0.2) is 4.98 Å². The number of nitrogens with zero attached hydrogens (tertiary/aromatic N) is 2. The number of thiazole rings is 1. The second-order valence-electron chi connectivity index (χ2n) is 3.47. The molecule has 2 aromatic heterocycles. The van der Waals surface area contributed by atoms with Crippen LogP contribution < -0.4 is 0 Å². The quantitative estimate of drug-likeness (QED) is 0.847. The maximum Gasteiger partial charge on any atom is 0.0897 e. The van der Waals surface area contributed by atoms with Crippen molar-refractivity contribution in [3.8, 4) is 0 Å². The number of rotatable bonds is 1. The second-order valence-corrected chi connectivity index (χ2v) is 4.54. The van der Waals surface area contributed by atoms with Gasteiger partial charge in [-0.1, -0.05) is 13.5 Å². The first-order valence-corrected chi connectivity index (χ1v) is 5.91. The van der Waals surface area contributed by atoms with Crippen molar-refractivity contribution in [2.45, 2.75) is 34.8 Å². The molecule has 2 aromatic rings. The van der Waals surface area contributed by atoms with Crippen molar-refractivity contribution < 1.29 is 5.11 Å². The number of hydrogen-bond donors (Lipinski definition) is 1. The average Bonchev–Trinajstić information content (AvgIpc) is 2.65. The molecule has 17 heavy (non-hydrogen) atoms. The third kappa shape index (κ3) is 6.14. The minimum Gasteiger partial charge on any atom is -0.392 e. The van der Waals surface area contributed by atoms with E-state index in [2.05, 4.69) is 15.3 Å². The maximum absolute atomic E-state index is 8.59. The van der Waals surface area contributed by atoms with Gasteiger partial charge in [0.05, 0.1) is 11.6 Å². The lowest BCUT2D eigenvalue weighted by molar-refractivity contribution is 0.281. The Hall–Kier alpha value is -1.26. The Bertz CT molecular complexity index is 407. The van der Waals surface area contributed by atoms with Crippen LogP contribution >= 0.6 is 11.3 Å². The van der Waals surface area contributed by atoms with Gasteiger partial charge in [0.25, 0.3) is 0 Å². The van der Waals surface area contributed by atoms with Crippen molar-refractivity contribution in [1.82, 2.24) is 9.97 Å². The van der Waals surface area contributed by atoms with Crippen LogP contribution in [0.2, 0.25) is 0 Å². The number of aliphatic hydroxyl groups is 1. The van der Waals surface area contributed by atoms with Crippen LogP contribution in [-0.4, -0.2) is 15.1 Å². The number of hydrogen-bond acceptors (Lipinski definition) is 4. The zero-order chi connectivity index (χ0) is 12.0. The molecular formula is C13H20N2OS. The van der Waals surface area contributed by atoms with E-state index in [1.54, 1.807) is 17.5 Å². The van der Waals surface area contributed by atoms with Crippen LogP contribution in [-0.2, 0) is 6.61 Å². The van der Waals surface area contributed by atoms with Gasteiger partial charge < -0.3 is 5.11 Å². The molecule has 0 aromatic carbocycles. The Morgan fingerprint density at radius 3 is 2.18 bits per heavy atom. The topological polar surface area (TPSA) is 46.0 Å². The third-order valence-corrected chi connectivity index (χ3v) is 2.78. The fraction of sp³-hybridized carbons (Fsp3) is 0.385. The van der Waals surface area contributed by atoms with E-state index in [4.69, 9.17) is 5.11 Å². The third-order valence-electron chi connectivity index (χ3n) is 1.89. The van der Waals surface area contributed by atoms with E-state index in [1.165, 1.54) is 0 Å². The van der Waals surface area contributed by atoms with Crippen LogP contribution in [0.1, 0.15) is 29.4 Å². The highest BCUT2D eigenvalue weighted by Crippen LogP contribution is 2.04. The van der Waals surface area contributed by atoms with E-state index in [9.17, 15) is 0 Å². The molecule has 0 spiro atoms. The van der Waals surface area contributed by atoms with Crippen LogP contribution in [0.25, 0.3) is 0 Å². The molecule has 0 aliphatic rings. The van der Waals surface area contributed by atoms with Gasteiger partial charge in [0.2, 0.25) is 0 Å². The Kier molecular flexibility index (Phi) is 7.34. The van der Waals surface area contributed by atoms with Gasteiger partial charge in [-0.05, 0) is 32.4 Å². The summed E-state index contributed by atoms with van der Waals surface area (Å²) in [4.78, 5) is 8.12. The lowest BCUT2D eigenvalue weighted by Gasteiger charge is -1.93. The van der Waals surface area contributed by atoms with Crippen molar-refractivity contribution in [2.24, 2.45) is 0 Å². The molecule has 94 valence electrons. The van der Waals surface area contributed by atoms with E-state index in [0.29, 0.717) is 0 Å². The molecule has 0 bridgehead atoms. The van der Waals surface area contributed by atoms with Crippen molar-refractivity contribution in [1.29, 1.82) is 0 Å². The summed E-state index contributed by atoms with van der Waals surface area (Å²) >= 11 is 1.69. The van der Waals surface area contributed by atoms with Crippen molar-refractivity contribution >= 4 is 11.3 Å². The summed E-state index contributed by atoms with van der Waals surface area (Å²) in [6.07, 6.45) is 1.68. The molecule has 4 heteroatoms. The summed E-state index contributed by atoms with van der Waals surface area (Å²) in [6.45, 7) is 6.01. The normalized spacial score (nSPS) is 8.94. The van der Waals surface area contributed by atoms with Gasteiger partial charge >= 0.3 is 0 Å². The minimum absolute atomic E-state index is 0. The molecule has 0 unspecified atom stereocenters. The smallest absolute Gasteiger partial charge is 0.0897 e. The molecule has 2 heterocycles. The summed E-state index contributed by atoms with van der Waals surface area (Å²) in [6, 6.07) is 3.74. The predicted octanol–water partition coefficient (Wildman–Crippen LogP) is 3.28. The maximum atomic E-state index is 8.59. The van der Waals surface area contributed by atoms with E-state index in [0.717, 1.165) is 22.0 Å². The van der Waals surface area contributed by atoms with E-state index >= 15 is 0 Å². The second kappa shape index (κ2) is 7.92. The summed E-state index contributed by atoms with van der Waals surface area (Å²) in [5.41, 5.74) is 2.97. The Morgan fingerprint density at radius 2 is 1.88 bits per heavy atom. The Labute approximate surface area is 107 Å². The fourth-order valence-electron chi connectivity index (χ4n) is 1.06. The first-order chi connectivity index (χ1) is 7.61. The molecule has 0 saturated heterocycles. The molecule has 0 aliphatic carbocycles. The monoisotopic (exact) mass is 252 g/mol. The molecule has 0 fully saturated rings. The molecular weight excluding hydrogens is 232 g/mol. The Morgan fingerprint density at radius 1 is 1.18 bits per heavy atom. The molecule has 2 rings (SSSR count). The first kappa shape index (κ1) is 15.7. The van der Waals surface area contributed by atoms with Crippen LogP contribution in [0.5, 0.6) is 0 Å². The zero-order valence-corrected chi connectivity index (χ0v) is 10.6. The molecule has 0 aliphatic heterocycles. The van der Waals surface area contributed by atoms with Gasteiger partial charge in [0, 0.05) is 23.0 Å². The van der Waals surface area contributed by atoms with Crippen LogP contribution in [0.15, 0.2) is 23.7 Å². The highest BCUT2D eigenvalue weighted by molar-refractivity contribution is 7.09. The molecule has 0 radical (unpaired) electrons. The summed E-state index contributed by atoms with van der Waals surface area (Å²) in [5.74, 6) is 0. The number of pyridine rings is 1. The molecule has 0 atom stereocenters. The SMILES string of the molecule is C.Cc1ccc(CO)cn1.Cc1csc(C)n1. The largest absolute Gasteiger partial charge is 0.392 e. The minimum atomic E-state index is 0. The zero-order valence-electron chi connectivity index (χ0n) is 9.77. The van der Waals surface area contributed by atoms with Gasteiger partial charge in [-0.15, -0.1) is 11.3 Å². The van der Waals surface area contributed by atoms with Crippen LogP contribution in [0.4, 0.5) is 0 Å². The fourth-order valence-corrected chi connectivity index (χ4v) is 1.65. The van der Waals surface area contributed by atoms with E-state index in [1.807, 2.05) is 32.9 Å². The highest BCUT2D eigenvalue weighted by atomic mass is 32.1. The summed E-state index contributed by atoms with van der Waals surface area (Å²) < 4.78 is 0. The highest BCUT2D eigenvalue weighted by Gasteiger charge is 1.87. The van der Waals surface area contributed by atoms with E-state index in [-0.39, 0.29) is 14.0 Å². The average molecular weight is 252 g/mol. The van der Waals surface area contributed by atoms with Gasteiger partial charge in [0.15, 0.2) is 0 Å². The summed E-state index contributed by atoms with van der Waals surface area (Å²) in [5, 5.41) is 11.8. The van der Waals surface area contributed by atoms with Crippen molar-refractivity contribution in [3.63, 3.8) is 0 Å². The number of aromatic nitrogens is 2. The molecule has 3 nitrogen and oxygen atoms in total. The van der Waals surface area contributed by atoms with Gasteiger partial charge in [-0.2, -0.15) is 0 Å². The molecule has 1 N–H and O–H groups in total. The Balaban J connectivity index is 0.000000292. The first-order valence-electron chi connectivity index (χ1n) is 5.03. The van der Waals surface area contributed by atoms with Crippen LogP contribution in [0.3, 0.4) is 0 Å². The van der Waals surface area contributed by atoms with E-state index < -0.39 is 0 Å². The van der Waals surface area contributed by atoms with Crippen LogP contribution in [0, 0.1) is 20.8 Å². The molecule has 0 saturated carbocycles. The lowest BCUT2D eigenvalue weighted by Crippen LogP contribution is -1.85.